The molecule has 23 heavy (non-hydrogen) atoms. The molecule has 0 heterocycles. The first-order valence-electron chi connectivity index (χ1n) is 9.20. The number of carbonyl (C=O) groups excluding carboxylic acids is 1. The molecule has 0 saturated heterocycles. The van der Waals surface area contributed by atoms with Gasteiger partial charge < -0.3 is 9.84 Å². The summed E-state index contributed by atoms with van der Waals surface area (Å²) in [5, 5.41) is 9.72. The van der Waals surface area contributed by atoms with Crippen molar-refractivity contribution in [3.8, 4) is 0 Å². The zero-order chi connectivity index (χ0) is 16.9. The Hall–Kier alpha value is -0.830. The number of aliphatic hydroxyl groups excluding tert-OH is 1. The number of hydrogen-bond donors (Lipinski definition) is 1. The summed E-state index contributed by atoms with van der Waals surface area (Å²) in [6, 6.07) is 0. The SMILES string of the molecule is COC(=O)[C@]1(C)CCC[C@@]2(C)[C@H]1CCC1=C[C@](C)(CO)CC[C@@H]12. The van der Waals surface area contributed by atoms with Crippen molar-refractivity contribution < 1.29 is 14.6 Å². The summed E-state index contributed by atoms with van der Waals surface area (Å²) in [6.45, 7) is 6.96. The number of rotatable bonds is 2. The quantitative estimate of drug-likeness (QED) is 0.615. The van der Waals surface area contributed by atoms with Crippen LogP contribution in [-0.4, -0.2) is 24.8 Å². The molecular weight excluding hydrogens is 288 g/mol. The van der Waals surface area contributed by atoms with Gasteiger partial charge in [0.1, 0.15) is 0 Å². The van der Waals surface area contributed by atoms with Crippen LogP contribution in [0.1, 0.15) is 65.7 Å². The Morgan fingerprint density at radius 2 is 2.00 bits per heavy atom. The molecule has 1 N–H and O–H groups in total. The molecule has 3 nitrogen and oxygen atoms in total. The van der Waals surface area contributed by atoms with Gasteiger partial charge in [-0.25, -0.2) is 0 Å². The molecule has 3 aliphatic carbocycles. The molecule has 0 spiro atoms. The Kier molecular flexibility index (Phi) is 4.15. The van der Waals surface area contributed by atoms with Crippen molar-refractivity contribution in [2.24, 2.45) is 28.1 Å². The van der Waals surface area contributed by atoms with Crippen molar-refractivity contribution in [3.63, 3.8) is 0 Å². The summed E-state index contributed by atoms with van der Waals surface area (Å²) in [7, 11) is 1.53. The summed E-state index contributed by atoms with van der Waals surface area (Å²) >= 11 is 0. The van der Waals surface area contributed by atoms with Crippen molar-refractivity contribution >= 4 is 5.97 Å². The predicted molar refractivity (Wildman–Crippen MR) is 90.8 cm³/mol. The molecule has 130 valence electrons. The van der Waals surface area contributed by atoms with Crippen molar-refractivity contribution in [1.82, 2.24) is 0 Å². The number of ether oxygens (including phenoxy) is 1. The summed E-state index contributed by atoms with van der Waals surface area (Å²) in [5.74, 6) is 0.971. The van der Waals surface area contributed by atoms with Crippen LogP contribution >= 0.6 is 0 Å². The molecule has 0 aromatic rings. The van der Waals surface area contributed by atoms with E-state index < -0.39 is 0 Å². The fourth-order valence-electron chi connectivity index (χ4n) is 6.17. The van der Waals surface area contributed by atoms with Gasteiger partial charge in [-0.1, -0.05) is 31.9 Å². The molecule has 0 radical (unpaired) electrons. The molecule has 0 amide bonds. The highest BCUT2D eigenvalue weighted by molar-refractivity contribution is 5.77. The van der Waals surface area contributed by atoms with E-state index in [9.17, 15) is 9.90 Å². The Bertz CT molecular complexity index is 525. The minimum atomic E-state index is -0.328. The third-order valence-electron chi connectivity index (χ3n) is 7.49. The first-order valence-corrected chi connectivity index (χ1v) is 9.20. The smallest absolute Gasteiger partial charge is 0.311 e. The van der Waals surface area contributed by atoms with Gasteiger partial charge in [0.25, 0.3) is 0 Å². The fraction of sp³-hybridized carbons (Fsp3) is 0.850. The lowest BCUT2D eigenvalue weighted by Gasteiger charge is -2.59. The van der Waals surface area contributed by atoms with E-state index >= 15 is 0 Å². The van der Waals surface area contributed by atoms with Gasteiger partial charge in [-0.15, -0.1) is 0 Å². The van der Waals surface area contributed by atoms with Crippen molar-refractivity contribution in [2.45, 2.75) is 65.7 Å². The molecule has 3 heteroatoms. The fourth-order valence-corrected chi connectivity index (χ4v) is 6.17. The van der Waals surface area contributed by atoms with Gasteiger partial charge in [-0.2, -0.15) is 0 Å². The van der Waals surface area contributed by atoms with Crippen LogP contribution in [0.15, 0.2) is 11.6 Å². The Morgan fingerprint density at radius 3 is 2.65 bits per heavy atom. The van der Waals surface area contributed by atoms with Gasteiger partial charge in [0, 0.05) is 5.41 Å². The van der Waals surface area contributed by atoms with E-state index in [1.807, 2.05) is 0 Å². The van der Waals surface area contributed by atoms with E-state index in [1.54, 1.807) is 5.57 Å². The van der Waals surface area contributed by atoms with E-state index in [0.29, 0.717) is 11.8 Å². The third kappa shape index (κ3) is 2.47. The minimum absolute atomic E-state index is 0.0168. The van der Waals surface area contributed by atoms with E-state index in [0.717, 1.165) is 38.5 Å². The lowest BCUT2D eigenvalue weighted by molar-refractivity contribution is -0.168. The van der Waals surface area contributed by atoms with E-state index in [4.69, 9.17) is 4.74 Å². The highest BCUT2D eigenvalue weighted by Gasteiger charge is 2.58. The Morgan fingerprint density at radius 1 is 1.26 bits per heavy atom. The molecule has 0 unspecified atom stereocenters. The third-order valence-corrected chi connectivity index (χ3v) is 7.49. The second kappa shape index (κ2) is 5.61. The average Bonchev–Trinajstić information content (AvgIpc) is 2.53. The van der Waals surface area contributed by atoms with Crippen molar-refractivity contribution in [2.75, 3.05) is 13.7 Å². The number of esters is 1. The van der Waals surface area contributed by atoms with Gasteiger partial charge in [-0.3, -0.25) is 4.79 Å². The molecule has 0 aromatic carbocycles. The average molecular weight is 320 g/mol. The molecule has 0 aromatic heterocycles. The minimum Gasteiger partial charge on any atom is -0.469 e. The molecule has 0 aliphatic heterocycles. The maximum atomic E-state index is 12.5. The van der Waals surface area contributed by atoms with Crippen LogP contribution < -0.4 is 0 Å². The van der Waals surface area contributed by atoms with Crippen LogP contribution in [-0.2, 0) is 9.53 Å². The molecule has 2 saturated carbocycles. The van der Waals surface area contributed by atoms with E-state index in [1.165, 1.54) is 13.5 Å². The second-order valence-corrected chi connectivity index (χ2v) is 8.98. The topological polar surface area (TPSA) is 46.5 Å². The summed E-state index contributed by atoms with van der Waals surface area (Å²) in [6.07, 6.45) is 10.00. The zero-order valence-corrected chi connectivity index (χ0v) is 15.2. The maximum Gasteiger partial charge on any atom is 0.311 e. The summed E-state index contributed by atoms with van der Waals surface area (Å²) in [5.41, 5.74) is 1.36. The molecule has 5 atom stereocenters. The number of methoxy groups -OCH3 is 1. The molecule has 3 aliphatic rings. The molecule has 0 bridgehead atoms. The Balaban J connectivity index is 1.96. The maximum absolute atomic E-state index is 12.5. The summed E-state index contributed by atoms with van der Waals surface area (Å²) in [4.78, 5) is 12.5. The lowest BCUT2D eigenvalue weighted by Crippen LogP contribution is -2.54. The summed E-state index contributed by atoms with van der Waals surface area (Å²) < 4.78 is 5.19. The van der Waals surface area contributed by atoms with E-state index in [-0.39, 0.29) is 28.8 Å². The normalized spacial score (nSPS) is 46.4. The number of allylic oxidation sites excluding steroid dienone is 1. The van der Waals surface area contributed by atoms with Crippen LogP contribution in [0.25, 0.3) is 0 Å². The lowest BCUT2D eigenvalue weighted by atomic mass is 9.45. The molecular formula is C20H32O3. The highest BCUT2D eigenvalue weighted by atomic mass is 16.5. The van der Waals surface area contributed by atoms with Crippen LogP contribution in [0.2, 0.25) is 0 Å². The zero-order valence-electron chi connectivity index (χ0n) is 15.2. The van der Waals surface area contributed by atoms with Gasteiger partial charge >= 0.3 is 5.97 Å². The van der Waals surface area contributed by atoms with Crippen LogP contribution in [0.5, 0.6) is 0 Å². The monoisotopic (exact) mass is 320 g/mol. The van der Waals surface area contributed by atoms with Crippen LogP contribution in [0.3, 0.4) is 0 Å². The number of aliphatic hydroxyl groups is 1. The number of fused-ring (bicyclic) bond motifs is 3. The predicted octanol–water partition coefficient (Wildman–Crippen LogP) is 4.10. The first-order chi connectivity index (χ1) is 10.8. The van der Waals surface area contributed by atoms with Crippen molar-refractivity contribution in [3.05, 3.63) is 11.6 Å². The van der Waals surface area contributed by atoms with Gasteiger partial charge in [0.2, 0.25) is 0 Å². The van der Waals surface area contributed by atoms with Crippen LogP contribution in [0, 0.1) is 28.1 Å². The van der Waals surface area contributed by atoms with Crippen molar-refractivity contribution in [1.29, 1.82) is 0 Å². The largest absolute Gasteiger partial charge is 0.469 e. The van der Waals surface area contributed by atoms with E-state index in [2.05, 4.69) is 26.8 Å². The van der Waals surface area contributed by atoms with Crippen LogP contribution in [0.4, 0.5) is 0 Å². The standard InChI is InChI=1S/C20H32O3/c1-18(13-21)11-8-15-14(12-18)6-7-16-19(15,2)9-5-10-20(16,3)17(22)23-4/h12,15-16,21H,5-11,13H2,1-4H3/t15-,16+,18+,19+,20+/m0/s1. The second-order valence-electron chi connectivity index (χ2n) is 8.98. The van der Waals surface area contributed by atoms with Gasteiger partial charge in [0.05, 0.1) is 19.1 Å². The Labute approximate surface area is 140 Å². The first kappa shape index (κ1) is 17.0. The van der Waals surface area contributed by atoms with Gasteiger partial charge in [0.15, 0.2) is 0 Å². The number of carbonyl (C=O) groups is 1. The van der Waals surface area contributed by atoms with Gasteiger partial charge in [-0.05, 0) is 62.7 Å². The molecule has 3 rings (SSSR count). The molecule has 2 fully saturated rings. The number of hydrogen-bond acceptors (Lipinski definition) is 3. The highest BCUT2D eigenvalue weighted by Crippen LogP contribution is 2.64.